The summed E-state index contributed by atoms with van der Waals surface area (Å²) < 4.78 is 2.27. The fourth-order valence-corrected chi connectivity index (χ4v) is 4.59. The Morgan fingerprint density at radius 2 is 2.06 bits per heavy atom. The summed E-state index contributed by atoms with van der Waals surface area (Å²) in [5.41, 5.74) is 0.145. The lowest BCUT2D eigenvalue weighted by atomic mass is 9.87. The van der Waals surface area contributed by atoms with Crippen LogP contribution in [0.4, 0.5) is 0 Å². The summed E-state index contributed by atoms with van der Waals surface area (Å²) in [4.78, 5) is 1.31. The second kappa shape index (κ2) is 6.15. The highest BCUT2D eigenvalue weighted by Gasteiger charge is 2.32. The van der Waals surface area contributed by atoms with Gasteiger partial charge in [-0.05, 0) is 50.8 Å². The fraction of sp³-hybridized carbons (Fsp3) is 0.667. The Kier molecular flexibility index (Phi) is 5.06. The molecule has 1 fully saturated rings. The van der Waals surface area contributed by atoms with Gasteiger partial charge in [-0.25, -0.2) is 0 Å². The van der Waals surface area contributed by atoms with Crippen molar-refractivity contribution in [1.29, 1.82) is 0 Å². The van der Waals surface area contributed by atoms with Gasteiger partial charge in [-0.3, -0.25) is 0 Å². The highest BCUT2D eigenvalue weighted by molar-refractivity contribution is 9.13. The molecule has 2 N–H and O–H groups in total. The molecule has 5 heteroatoms. The molecule has 1 aromatic rings. The fourth-order valence-electron chi connectivity index (χ4n) is 2.45. The van der Waals surface area contributed by atoms with Gasteiger partial charge in [0, 0.05) is 34.5 Å². The maximum atomic E-state index is 9.51. The van der Waals surface area contributed by atoms with Crippen molar-refractivity contribution in [3.63, 3.8) is 0 Å². The van der Waals surface area contributed by atoms with Crippen LogP contribution in [0.1, 0.15) is 30.6 Å². The maximum Gasteiger partial charge on any atom is 0.0843 e. The number of thiophene rings is 1. The molecule has 2 nitrogen and oxygen atoms in total. The van der Waals surface area contributed by atoms with Gasteiger partial charge in [-0.15, -0.1) is 11.3 Å². The van der Waals surface area contributed by atoms with Crippen LogP contribution in [-0.4, -0.2) is 18.3 Å². The van der Waals surface area contributed by atoms with Gasteiger partial charge in [0.25, 0.3) is 0 Å². The average Bonchev–Trinajstić information content (AvgIpc) is 2.89. The summed E-state index contributed by atoms with van der Waals surface area (Å²) in [5.74, 6) is 0. The van der Waals surface area contributed by atoms with Gasteiger partial charge >= 0.3 is 0 Å². The van der Waals surface area contributed by atoms with Gasteiger partial charge in [0.1, 0.15) is 0 Å². The lowest BCUT2D eigenvalue weighted by molar-refractivity contribution is 0.128. The van der Waals surface area contributed by atoms with E-state index in [2.05, 4.69) is 43.2 Å². The minimum atomic E-state index is 0.145. The third-order valence-electron chi connectivity index (χ3n) is 3.50. The van der Waals surface area contributed by atoms with E-state index in [9.17, 15) is 5.11 Å². The number of hydrogen-bond donors (Lipinski definition) is 2. The molecule has 1 aliphatic carbocycles. The van der Waals surface area contributed by atoms with Crippen molar-refractivity contribution in [3.8, 4) is 0 Å². The van der Waals surface area contributed by atoms with Crippen LogP contribution in [0.3, 0.4) is 0 Å². The van der Waals surface area contributed by atoms with Crippen LogP contribution in [0, 0.1) is 5.41 Å². The molecule has 96 valence electrons. The number of nitrogens with one attached hydrogen (secondary N) is 1. The Labute approximate surface area is 123 Å². The van der Waals surface area contributed by atoms with E-state index in [0.29, 0.717) is 6.61 Å². The van der Waals surface area contributed by atoms with E-state index < -0.39 is 0 Å². The molecule has 0 unspecified atom stereocenters. The highest BCUT2D eigenvalue weighted by atomic mass is 79.9. The number of aliphatic hydroxyl groups excluding tert-OH is 1. The van der Waals surface area contributed by atoms with Crippen molar-refractivity contribution in [1.82, 2.24) is 5.32 Å². The first kappa shape index (κ1) is 14.0. The number of hydrogen-bond acceptors (Lipinski definition) is 3. The Hall–Kier alpha value is 0.580. The van der Waals surface area contributed by atoms with Crippen LogP contribution in [-0.2, 0) is 6.54 Å². The van der Waals surface area contributed by atoms with Gasteiger partial charge in [-0.1, -0.05) is 12.8 Å². The third kappa shape index (κ3) is 3.53. The van der Waals surface area contributed by atoms with Crippen LogP contribution in [0.5, 0.6) is 0 Å². The molecule has 1 aromatic heterocycles. The predicted molar refractivity (Wildman–Crippen MR) is 79.4 cm³/mol. The molecule has 17 heavy (non-hydrogen) atoms. The Morgan fingerprint density at radius 1 is 1.35 bits per heavy atom. The summed E-state index contributed by atoms with van der Waals surface area (Å²) in [6, 6.07) is 2.14. The molecule has 0 aliphatic heterocycles. The molecule has 0 spiro atoms. The predicted octanol–water partition coefficient (Wildman–Crippen LogP) is 3.92. The summed E-state index contributed by atoms with van der Waals surface area (Å²) in [6.45, 7) is 2.13. The van der Waals surface area contributed by atoms with Crippen LogP contribution in [0.2, 0.25) is 0 Å². The topological polar surface area (TPSA) is 32.3 Å². The van der Waals surface area contributed by atoms with Crippen molar-refractivity contribution in [2.45, 2.75) is 32.2 Å². The van der Waals surface area contributed by atoms with Gasteiger partial charge < -0.3 is 10.4 Å². The third-order valence-corrected chi connectivity index (χ3v) is 6.75. The van der Waals surface area contributed by atoms with Crippen LogP contribution >= 0.6 is 43.2 Å². The molecule has 0 bridgehead atoms. The lowest BCUT2D eigenvalue weighted by Gasteiger charge is -2.26. The first-order valence-electron chi connectivity index (χ1n) is 5.90. The molecule has 1 heterocycles. The van der Waals surface area contributed by atoms with Crippen molar-refractivity contribution in [2.75, 3.05) is 13.2 Å². The van der Waals surface area contributed by atoms with E-state index in [1.807, 2.05) is 0 Å². The summed E-state index contributed by atoms with van der Waals surface area (Å²) in [6.07, 6.45) is 4.85. The maximum absolute atomic E-state index is 9.51. The van der Waals surface area contributed by atoms with Crippen LogP contribution < -0.4 is 5.32 Å². The molecule has 1 aliphatic rings. The number of rotatable bonds is 5. The number of halogens is 2. The van der Waals surface area contributed by atoms with E-state index >= 15 is 0 Å². The molecule has 0 amide bonds. The van der Waals surface area contributed by atoms with E-state index in [-0.39, 0.29) is 5.41 Å². The highest BCUT2D eigenvalue weighted by Crippen LogP contribution is 2.37. The zero-order valence-electron chi connectivity index (χ0n) is 9.64. The van der Waals surface area contributed by atoms with Gasteiger partial charge in [-0.2, -0.15) is 0 Å². The molecule has 0 radical (unpaired) electrons. The minimum absolute atomic E-state index is 0.145. The normalized spacial score (nSPS) is 18.8. The van der Waals surface area contributed by atoms with E-state index in [1.165, 1.54) is 17.7 Å². The minimum Gasteiger partial charge on any atom is -0.396 e. The largest absolute Gasteiger partial charge is 0.396 e. The summed E-state index contributed by atoms with van der Waals surface area (Å²) in [5, 5.41) is 13.0. The summed E-state index contributed by atoms with van der Waals surface area (Å²) >= 11 is 8.74. The molecule has 0 saturated heterocycles. The second-order valence-corrected chi connectivity index (χ2v) is 8.11. The van der Waals surface area contributed by atoms with E-state index in [0.717, 1.165) is 34.2 Å². The van der Waals surface area contributed by atoms with Gasteiger partial charge in [0.15, 0.2) is 0 Å². The Bertz CT molecular complexity index is 355. The molecule has 2 rings (SSSR count). The molecular formula is C12H17Br2NOS. The van der Waals surface area contributed by atoms with E-state index in [4.69, 9.17) is 0 Å². The zero-order valence-corrected chi connectivity index (χ0v) is 13.6. The quantitative estimate of drug-likeness (QED) is 0.808. The first-order chi connectivity index (χ1) is 8.15. The molecule has 0 atom stereocenters. The van der Waals surface area contributed by atoms with Gasteiger partial charge in [0.05, 0.1) is 3.79 Å². The van der Waals surface area contributed by atoms with Crippen molar-refractivity contribution in [2.24, 2.45) is 5.41 Å². The van der Waals surface area contributed by atoms with Gasteiger partial charge in [0.2, 0.25) is 0 Å². The van der Waals surface area contributed by atoms with Crippen LogP contribution in [0.25, 0.3) is 0 Å². The molecule has 1 saturated carbocycles. The Morgan fingerprint density at radius 3 is 2.59 bits per heavy atom. The Balaban J connectivity index is 1.82. The lowest BCUT2D eigenvalue weighted by Crippen LogP contribution is -2.34. The van der Waals surface area contributed by atoms with Crippen molar-refractivity contribution >= 4 is 43.2 Å². The second-order valence-electron chi connectivity index (χ2n) is 4.80. The number of aliphatic hydroxyl groups is 1. The van der Waals surface area contributed by atoms with Crippen molar-refractivity contribution < 1.29 is 5.11 Å². The van der Waals surface area contributed by atoms with Crippen LogP contribution in [0.15, 0.2) is 14.3 Å². The first-order valence-corrected chi connectivity index (χ1v) is 8.31. The average molecular weight is 383 g/mol. The SMILES string of the molecule is OCC1(CNCc2cc(Br)c(Br)s2)CCCC1. The standard InChI is InChI=1S/C12H17Br2NOS/c13-10-5-9(17-11(10)14)6-15-7-12(8-16)3-1-2-4-12/h5,15-16H,1-4,6-8H2. The van der Waals surface area contributed by atoms with E-state index in [1.54, 1.807) is 11.3 Å². The molecular weight excluding hydrogens is 366 g/mol. The smallest absolute Gasteiger partial charge is 0.0843 e. The summed E-state index contributed by atoms with van der Waals surface area (Å²) in [7, 11) is 0. The molecule has 0 aromatic carbocycles. The van der Waals surface area contributed by atoms with Crippen molar-refractivity contribution in [3.05, 3.63) is 19.2 Å². The monoisotopic (exact) mass is 381 g/mol. The zero-order chi connectivity index (χ0) is 12.3.